The van der Waals surface area contributed by atoms with E-state index in [1.165, 1.54) is 17.2 Å². The summed E-state index contributed by atoms with van der Waals surface area (Å²) in [4.78, 5) is 11.9. The molecular formula is C10H13MgN5O8S. The Morgan fingerprint density at radius 3 is 2.36 bits per heavy atom. The largest absolute Gasteiger partial charge is 2.00 e. The molecule has 1 aliphatic rings. The Morgan fingerprint density at radius 1 is 1.24 bits per heavy atom. The van der Waals surface area contributed by atoms with Gasteiger partial charge in [0.05, 0.1) is 12.9 Å². The first kappa shape index (κ1) is 21.9. The van der Waals surface area contributed by atoms with Gasteiger partial charge in [0.25, 0.3) is 0 Å². The van der Waals surface area contributed by atoms with E-state index in [1.807, 2.05) is 0 Å². The molecule has 1 fully saturated rings. The van der Waals surface area contributed by atoms with Crippen LogP contribution in [0.4, 0.5) is 5.82 Å². The predicted octanol–water partition coefficient (Wildman–Crippen LogP) is -3.70. The fourth-order valence-electron chi connectivity index (χ4n) is 2.17. The number of nitrogens with zero attached hydrogens (tertiary/aromatic N) is 4. The van der Waals surface area contributed by atoms with E-state index in [1.54, 1.807) is 0 Å². The van der Waals surface area contributed by atoms with Gasteiger partial charge in [-0.25, -0.2) is 15.0 Å². The zero-order valence-electron chi connectivity index (χ0n) is 12.5. The number of hydrogen-bond acceptors (Lipinski definition) is 12. The van der Waals surface area contributed by atoms with E-state index in [0.717, 1.165) is 0 Å². The van der Waals surface area contributed by atoms with Crippen molar-refractivity contribution in [1.29, 1.82) is 0 Å². The molecular weight excluding hydrogens is 375 g/mol. The first-order valence-corrected chi connectivity index (χ1v) is 7.69. The van der Waals surface area contributed by atoms with Gasteiger partial charge >= 0.3 is 23.1 Å². The van der Waals surface area contributed by atoms with Crippen LogP contribution in [-0.2, 0) is 15.1 Å². The van der Waals surface area contributed by atoms with Crippen molar-refractivity contribution in [3.63, 3.8) is 0 Å². The van der Waals surface area contributed by atoms with E-state index in [2.05, 4.69) is 15.0 Å². The van der Waals surface area contributed by atoms with Crippen LogP contribution in [0.1, 0.15) is 6.23 Å². The second kappa shape index (κ2) is 8.47. The Bertz CT molecular complexity index is 809. The monoisotopic (exact) mass is 387 g/mol. The van der Waals surface area contributed by atoms with E-state index in [4.69, 9.17) is 33.1 Å². The quantitative estimate of drug-likeness (QED) is 0.222. The summed E-state index contributed by atoms with van der Waals surface area (Å²) in [7, 11) is -5.17. The maximum absolute atomic E-state index is 9.95. The van der Waals surface area contributed by atoms with Crippen LogP contribution in [0.3, 0.4) is 0 Å². The van der Waals surface area contributed by atoms with Crippen LogP contribution in [0.25, 0.3) is 11.2 Å². The topological polar surface area (TPSA) is 220 Å². The number of aromatic nitrogens is 4. The molecule has 2 aromatic heterocycles. The number of hydrogen-bond donors (Lipinski definition) is 4. The molecule has 1 aliphatic heterocycles. The zero-order valence-corrected chi connectivity index (χ0v) is 14.8. The Labute approximate surface area is 157 Å². The molecule has 4 atom stereocenters. The zero-order chi connectivity index (χ0) is 18.1. The van der Waals surface area contributed by atoms with Gasteiger partial charge in [0, 0.05) is 10.4 Å². The second-order valence-electron chi connectivity index (χ2n) is 4.72. The Morgan fingerprint density at radius 2 is 1.84 bits per heavy atom. The molecule has 5 N–H and O–H groups in total. The molecule has 0 amide bonds. The van der Waals surface area contributed by atoms with Gasteiger partial charge in [0.15, 0.2) is 17.7 Å². The van der Waals surface area contributed by atoms with Crippen molar-refractivity contribution in [2.24, 2.45) is 0 Å². The molecule has 0 aliphatic carbocycles. The van der Waals surface area contributed by atoms with E-state index in [-0.39, 0.29) is 28.9 Å². The minimum atomic E-state index is -5.17. The van der Waals surface area contributed by atoms with Crippen LogP contribution >= 0.6 is 0 Å². The summed E-state index contributed by atoms with van der Waals surface area (Å²) in [5.74, 6) is 0.218. The number of aliphatic hydroxyl groups is 3. The molecule has 0 spiro atoms. The van der Waals surface area contributed by atoms with Crippen molar-refractivity contribution < 1.29 is 37.6 Å². The first-order chi connectivity index (χ1) is 11.1. The van der Waals surface area contributed by atoms with Crippen molar-refractivity contribution in [2.75, 3.05) is 12.3 Å². The number of imidazole rings is 1. The minimum Gasteiger partial charge on any atom is -0.759 e. The van der Waals surface area contributed by atoms with Gasteiger partial charge in [-0.05, 0) is 0 Å². The summed E-state index contributed by atoms with van der Waals surface area (Å²) < 4.78 is 40.9. The average molecular weight is 388 g/mol. The molecule has 15 heteroatoms. The molecule has 0 saturated carbocycles. The van der Waals surface area contributed by atoms with Crippen LogP contribution in [-0.4, -0.2) is 100 Å². The number of rotatable bonds is 2. The number of nitrogens with two attached hydrogens (primary N) is 1. The number of anilines is 1. The van der Waals surface area contributed by atoms with Crippen molar-refractivity contribution in [3.8, 4) is 0 Å². The van der Waals surface area contributed by atoms with Crippen LogP contribution in [0.2, 0.25) is 0 Å². The molecule has 134 valence electrons. The van der Waals surface area contributed by atoms with Crippen LogP contribution in [0.15, 0.2) is 12.7 Å². The van der Waals surface area contributed by atoms with Gasteiger partial charge in [-0.3, -0.25) is 13.0 Å². The van der Waals surface area contributed by atoms with Gasteiger partial charge in [-0.2, -0.15) is 0 Å². The number of nitrogen functional groups attached to an aromatic ring is 1. The fourth-order valence-corrected chi connectivity index (χ4v) is 2.17. The fraction of sp³-hybridized carbons (Fsp3) is 0.500. The molecule has 25 heavy (non-hydrogen) atoms. The Kier molecular flexibility index (Phi) is 7.41. The Balaban J connectivity index is 0.000000462. The van der Waals surface area contributed by atoms with Gasteiger partial charge in [-0.15, -0.1) is 0 Å². The summed E-state index contributed by atoms with van der Waals surface area (Å²) in [6.07, 6.45) is -1.42. The van der Waals surface area contributed by atoms with Crippen molar-refractivity contribution in [1.82, 2.24) is 19.5 Å². The smallest absolute Gasteiger partial charge is 0.759 e. The standard InChI is InChI=1S/C10H13N5O4.Mg.H2O4S/c11-8-5-9(13-2-12-8)15(3-14-5)10-7(18)6(17)4(1-16)19-10;;1-5(2,3)4/h2-4,6-7,10,16-18H,1H2,(H2,11,12,13);;(H2,1,2,3,4)/q;+2;/p-2/t4-,6-,7-,10-;;/m1../s1. The molecule has 3 heterocycles. The van der Waals surface area contributed by atoms with E-state index in [0.29, 0.717) is 11.2 Å². The normalized spacial score (nSPS) is 26.0. The molecule has 0 unspecified atom stereocenters. The molecule has 1 saturated heterocycles. The van der Waals surface area contributed by atoms with Gasteiger partial charge in [0.2, 0.25) is 0 Å². The van der Waals surface area contributed by atoms with Gasteiger partial charge < -0.3 is 34.9 Å². The predicted molar refractivity (Wildman–Crippen MR) is 79.0 cm³/mol. The third-order valence-electron chi connectivity index (χ3n) is 3.18. The number of aliphatic hydroxyl groups excluding tert-OH is 3. The van der Waals surface area contributed by atoms with Crippen LogP contribution < -0.4 is 5.73 Å². The van der Waals surface area contributed by atoms with Crippen molar-refractivity contribution >= 4 is 50.4 Å². The van der Waals surface area contributed by atoms with Crippen molar-refractivity contribution in [2.45, 2.75) is 24.5 Å². The van der Waals surface area contributed by atoms with E-state index >= 15 is 0 Å². The average Bonchev–Trinajstić information content (AvgIpc) is 3.01. The summed E-state index contributed by atoms with van der Waals surface area (Å²) in [5.41, 5.74) is 6.44. The summed E-state index contributed by atoms with van der Waals surface area (Å²) >= 11 is 0. The molecule has 3 rings (SSSR count). The maximum atomic E-state index is 9.95. The molecule has 0 aromatic carbocycles. The molecule has 2 aromatic rings. The number of fused-ring (bicyclic) bond motifs is 1. The van der Waals surface area contributed by atoms with Crippen LogP contribution in [0.5, 0.6) is 0 Å². The maximum Gasteiger partial charge on any atom is 2.00 e. The SMILES string of the molecule is Nc1ncnc2c1ncn2[C@@H]1O[C@H](CO)[C@@H](O)[C@H]1O.O=S(=O)([O-])[O-].[Mg+2]. The van der Waals surface area contributed by atoms with Crippen molar-refractivity contribution in [3.05, 3.63) is 12.7 Å². The third-order valence-corrected chi connectivity index (χ3v) is 3.18. The second-order valence-corrected chi connectivity index (χ2v) is 5.54. The molecule has 0 radical (unpaired) electrons. The van der Waals surface area contributed by atoms with Gasteiger partial charge in [-0.1, -0.05) is 0 Å². The third kappa shape index (κ3) is 5.15. The summed E-state index contributed by atoms with van der Waals surface area (Å²) in [6.45, 7) is -0.390. The minimum absolute atomic E-state index is 0. The van der Waals surface area contributed by atoms with E-state index in [9.17, 15) is 10.2 Å². The molecule has 0 bridgehead atoms. The van der Waals surface area contributed by atoms with Gasteiger partial charge in [0.1, 0.15) is 30.2 Å². The Hall–Kier alpha value is -1.17. The number of ether oxygens (including phenoxy) is 1. The molecule has 13 nitrogen and oxygen atoms in total. The summed E-state index contributed by atoms with van der Waals surface area (Å²) in [6, 6.07) is 0. The summed E-state index contributed by atoms with van der Waals surface area (Å²) in [5, 5.41) is 28.7. The first-order valence-electron chi connectivity index (χ1n) is 6.35. The van der Waals surface area contributed by atoms with Crippen LogP contribution in [0, 0.1) is 0 Å². The van der Waals surface area contributed by atoms with E-state index < -0.39 is 41.5 Å².